The van der Waals surface area contributed by atoms with E-state index in [0.717, 1.165) is 58.6 Å². The van der Waals surface area contributed by atoms with Gasteiger partial charge in [-0.15, -0.1) is 0 Å². The van der Waals surface area contributed by atoms with Gasteiger partial charge in [-0.1, -0.05) is 13.3 Å². The Bertz CT molecular complexity index is 298. The first-order valence-electron chi connectivity index (χ1n) is 7.40. The first-order chi connectivity index (χ1) is 9.24. The van der Waals surface area contributed by atoms with Crippen LogP contribution in [-0.4, -0.2) is 74.4 Å². The van der Waals surface area contributed by atoms with Crippen molar-refractivity contribution in [3.05, 3.63) is 0 Å². The van der Waals surface area contributed by atoms with E-state index in [4.69, 9.17) is 9.47 Å². The number of nitrogens with zero attached hydrogens (tertiary/aromatic N) is 2. The van der Waals surface area contributed by atoms with E-state index in [2.05, 4.69) is 16.7 Å². The maximum absolute atomic E-state index is 11.8. The molecule has 2 atom stereocenters. The van der Waals surface area contributed by atoms with Crippen molar-refractivity contribution in [2.75, 3.05) is 46.4 Å². The van der Waals surface area contributed by atoms with Crippen molar-refractivity contribution >= 4 is 5.97 Å². The zero-order valence-corrected chi connectivity index (χ0v) is 12.1. The Hall–Kier alpha value is -0.650. The van der Waals surface area contributed by atoms with Crippen LogP contribution in [0.4, 0.5) is 0 Å². The van der Waals surface area contributed by atoms with Crippen molar-refractivity contribution in [1.82, 2.24) is 9.80 Å². The largest absolute Gasteiger partial charge is 0.468 e. The summed E-state index contributed by atoms with van der Waals surface area (Å²) in [6, 6.07) is -0.0700. The number of ether oxygens (including phenoxy) is 2. The van der Waals surface area contributed by atoms with Gasteiger partial charge in [-0.25, -0.2) is 0 Å². The number of hydrogen-bond acceptors (Lipinski definition) is 5. The van der Waals surface area contributed by atoms with Crippen LogP contribution in [0.15, 0.2) is 0 Å². The molecular formula is C14H26N2O3. The third-order valence-electron chi connectivity index (χ3n) is 4.20. The summed E-state index contributed by atoms with van der Waals surface area (Å²) in [5.41, 5.74) is 0. The van der Waals surface area contributed by atoms with E-state index >= 15 is 0 Å². The van der Waals surface area contributed by atoms with Gasteiger partial charge in [-0.05, 0) is 25.9 Å². The SMILES string of the molecule is CCN1CCOC(CN2CCCCC2C(=O)OC)C1. The second kappa shape index (κ2) is 7.22. The van der Waals surface area contributed by atoms with Gasteiger partial charge in [0.05, 0.1) is 19.8 Å². The molecule has 0 amide bonds. The summed E-state index contributed by atoms with van der Waals surface area (Å²) in [5.74, 6) is -0.0946. The molecule has 2 aliphatic rings. The van der Waals surface area contributed by atoms with Gasteiger partial charge in [0.15, 0.2) is 0 Å². The first kappa shape index (κ1) is 14.8. The number of carbonyl (C=O) groups is 1. The lowest BCUT2D eigenvalue weighted by molar-refractivity contribution is -0.149. The molecule has 19 heavy (non-hydrogen) atoms. The molecule has 0 spiro atoms. The fourth-order valence-electron chi connectivity index (χ4n) is 3.05. The summed E-state index contributed by atoms with van der Waals surface area (Å²) in [6.45, 7) is 7.87. The number of likely N-dealkylation sites (tertiary alicyclic amines) is 1. The summed E-state index contributed by atoms with van der Waals surface area (Å²) in [7, 11) is 1.48. The second-order valence-electron chi connectivity index (χ2n) is 5.42. The van der Waals surface area contributed by atoms with Gasteiger partial charge in [-0.3, -0.25) is 14.6 Å². The molecule has 0 aromatic rings. The molecule has 2 rings (SSSR count). The molecule has 5 heteroatoms. The fourth-order valence-corrected chi connectivity index (χ4v) is 3.05. The number of methoxy groups -OCH3 is 1. The van der Waals surface area contributed by atoms with Crippen molar-refractivity contribution in [3.8, 4) is 0 Å². The Kier molecular flexibility index (Phi) is 5.60. The first-order valence-corrected chi connectivity index (χ1v) is 7.40. The molecule has 2 saturated heterocycles. The van der Waals surface area contributed by atoms with Crippen molar-refractivity contribution < 1.29 is 14.3 Å². The molecule has 0 aliphatic carbocycles. The van der Waals surface area contributed by atoms with E-state index in [9.17, 15) is 4.79 Å². The number of morpholine rings is 1. The van der Waals surface area contributed by atoms with Crippen LogP contribution >= 0.6 is 0 Å². The van der Waals surface area contributed by atoms with E-state index in [0.29, 0.717) is 0 Å². The minimum atomic E-state index is -0.0946. The summed E-state index contributed by atoms with van der Waals surface area (Å²) in [6.07, 6.45) is 3.41. The fraction of sp³-hybridized carbons (Fsp3) is 0.929. The Morgan fingerprint density at radius 1 is 1.37 bits per heavy atom. The lowest BCUT2D eigenvalue weighted by atomic mass is 10.0. The Morgan fingerprint density at radius 2 is 2.21 bits per heavy atom. The smallest absolute Gasteiger partial charge is 0.323 e. The second-order valence-corrected chi connectivity index (χ2v) is 5.42. The van der Waals surface area contributed by atoms with Gasteiger partial charge in [0.2, 0.25) is 0 Å². The van der Waals surface area contributed by atoms with Crippen LogP contribution in [0.5, 0.6) is 0 Å². The highest BCUT2D eigenvalue weighted by Gasteiger charge is 2.32. The third-order valence-corrected chi connectivity index (χ3v) is 4.20. The molecule has 0 N–H and O–H groups in total. The van der Waals surface area contributed by atoms with E-state index in [1.54, 1.807) is 0 Å². The van der Waals surface area contributed by atoms with Crippen molar-refractivity contribution in [2.45, 2.75) is 38.3 Å². The molecular weight excluding hydrogens is 244 g/mol. The highest BCUT2D eigenvalue weighted by atomic mass is 16.5. The quantitative estimate of drug-likeness (QED) is 0.705. The van der Waals surface area contributed by atoms with Crippen molar-refractivity contribution in [1.29, 1.82) is 0 Å². The summed E-state index contributed by atoms with van der Waals surface area (Å²) in [5, 5.41) is 0. The normalized spacial score (nSPS) is 30.2. The predicted octanol–water partition coefficient (Wildman–Crippen LogP) is 0.735. The van der Waals surface area contributed by atoms with E-state index in [1.807, 2.05) is 0 Å². The van der Waals surface area contributed by atoms with Crippen LogP contribution in [0.1, 0.15) is 26.2 Å². The Labute approximate surface area is 115 Å². The van der Waals surface area contributed by atoms with Gasteiger partial charge in [-0.2, -0.15) is 0 Å². The van der Waals surface area contributed by atoms with Crippen molar-refractivity contribution in [2.24, 2.45) is 0 Å². The average molecular weight is 270 g/mol. The maximum Gasteiger partial charge on any atom is 0.323 e. The van der Waals surface area contributed by atoms with Crippen molar-refractivity contribution in [3.63, 3.8) is 0 Å². The lowest BCUT2D eigenvalue weighted by Gasteiger charge is -2.39. The van der Waals surface area contributed by atoms with Crippen LogP contribution in [0, 0.1) is 0 Å². The summed E-state index contributed by atoms with van der Waals surface area (Å²) < 4.78 is 10.8. The van der Waals surface area contributed by atoms with E-state index in [-0.39, 0.29) is 18.1 Å². The van der Waals surface area contributed by atoms with Gasteiger partial charge in [0, 0.05) is 19.6 Å². The molecule has 0 aromatic heterocycles. The molecule has 0 radical (unpaired) electrons. The topological polar surface area (TPSA) is 42.0 Å². The molecule has 2 heterocycles. The van der Waals surface area contributed by atoms with Crippen LogP contribution in [-0.2, 0) is 14.3 Å². The Balaban J connectivity index is 1.89. The predicted molar refractivity (Wildman–Crippen MR) is 73.1 cm³/mol. The zero-order chi connectivity index (χ0) is 13.7. The number of rotatable bonds is 4. The zero-order valence-electron chi connectivity index (χ0n) is 12.1. The minimum Gasteiger partial charge on any atom is -0.468 e. The standard InChI is InChI=1S/C14H26N2O3/c1-3-15-8-9-19-12(10-15)11-16-7-5-4-6-13(16)14(17)18-2/h12-13H,3-11H2,1-2H3. The number of hydrogen-bond donors (Lipinski definition) is 0. The van der Waals surface area contributed by atoms with Gasteiger partial charge in [0.25, 0.3) is 0 Å². The summed E-state index contributed by atoms with van der Waals surface area (Å²) in [4.78, 5) is 16.5. The molecule has 0 bridgehead atoms. The molecule has 0 saturated carbocycles. The van der Waals surface area contributed by atoms with Gasteiger partial charge >= 0.3 is 5.97 Å². The number of likely N-dealkylation sites (N-methyl/N-ethyl adjacent to an activating group) is 1. The third kappa shape index (κ3) is 3.91. The number of carbonyl (C=O) groups excluding carboxylic acids is 1. The molecule has 2 aliphatic heterocycles. The average Bonchev–Trinajstić information content (AvgIpc) is 2.47. The molecule has 2 fully saturated rings. The number of esters is 1. The van der Waals surface area contributed by atoms with Gasteiger partial charge in [0.1, 0.15) is 6.04 Å². The molecule has 2 unspecified atom stereocenters. The van der Waals surface area contributed by atoms with Crippen LogP contribution < -0.4 is 0 Å². The molecule has 0 aromatic carbocycles. The van der Waals surface area contributed by atoms with Crippen LogP contribution in [0.3, 0.4) is 0 Å². The maximum atomic E-state index is 11.8. The number of piperidine rings is 1. The van der Waals surface area contributed by atoms with Crippen LogP contribution in [0.2, 0.25) is 0 Å². The molecule has 110 valence electrons. The van der Waals surface area contributed by atoms with E-state index < -0.39 is 0 Å². The highest BCUT2D eigenvalue weighted by Crippen LogP contribution is 2.19. The lowest BCUT2D eigenvalue weighted by Crippen LogP contribution is -2.52. The monoisotopic (exact) mass is 270 g/mol. The molecule has 5 nitrogen and oxygen atoms in total. The van der Waals surface area contributed by atoms with Crippen LogP contribution in [0.25, 0.3) is 0 Å². The summed E-state index contributed by atoms with van der Waals surface area (Å²) >= 11 is 0. The highest BCUT2D eigenvalue weighted by molar-refractivity contribution is 5.75. The minimum absolute atomic E-state index is 0.0700. The van der Waals surface area contributed by atoms with E-state index in [1.165, 1.54) is 7.11 Å². The Morgan fingerprint density at radius 3 is 2.95 bits per heavy atom. The van der Waals surface area contributed by atoms with Gasteiger partial charge < -0.3 is 9.47 Å².